The van der Waals surface area contributed by atoms with Gasteiger partial charge in [0, 0.05) is 24.8 Å². The van der Waals surface area contributed by atoms with Gasteiger partial charge in [0.05, 0.1) is 0 Å². The highest BCUT2D eigenvalue weighted by atomic mass is 16.1. The summed E-state index contributed by atoms with van der Waals surface area (Å²) in [5.41, 5.74) is 3.51. The van der Waals surface area contributed by atoms with Gasteiger partial charge >= 0.3 is 0 Å². The number of para-hydroxylation sites is 1. The number of aromatic nitrogens is 2. The van der Waals surface area contributed by atoms with E-state index in [9.17, 15) is 4.79 Å². The lowest BCUT2D eigenvalue weighted by molar-refractivity contribution is 0.102. The van der Waals surface area contributed by atoms with Gasteiger partial charge < -0.3 is 10.2 Å². The molecule has 3 rings (SSSR count). The van der Waals surface area contributed by atoms with Crippen molar-refractivity contribution in [3.63, 3.8) is 0 Å². The van der Waals surface area contributed by atoms with Crippen LogP contribution in [0.15, 0.2) is 24.3 Å². The van der Waals surface area contributed by atoms with E-state index in [2.05, 4.69) is 47.0 Å². The number of piperidine rings is 1. The smallest absolute Gasteiger partial charge is 0.274 e. The highest BCUT2D eigenvalue weighted by molar-refractivity contribution is 6.04. The molecule has 0 aliphatic carbocycles. The van der Waals surface area contributed by atoms with Crippen LogP contribution in [0.4, 0.5) is 11.5 Å². The molecule has 0 unspecified atom stereocenters. The first-order valence-electron chi connectivity index (χ1n) is 9.86. The fourth-order valence-electron chi connectivity index (χ4n) is 3.59. The molecule has 0 bridgehead atoms. The summed E-state index contributed by atoms with van der Waals surface area (Å²) in [5.74, 6) is 2.39. The van der Waals surface area contributed by atoms with Gasteiger partial charge in [-0.05, 0) is 49.7 Å². The van der Waals surface area contributed by atoms with Crippen molar-refractivity contribution in [2.45, 2.75) is 53.4 Å². The number of amides is 1. The maximum atomic E-state index is 13.0. The van der Waals surface area contributed by atoms with E-state index in [1.165, 1.54) is 0 Å². The van der Waals surface area contributed by atoms with Crippen LogP contribution in [0.2, 0.25) is 0 Å². The third-order valence-corrected chi connectivity index (χ3v) is 5.33. The molecule has 1 saturated heterocycles. The summed E-state index contributed by atoms with van der Waals surface area (Å²) in [6.45, 7) is 12.4. The fourth-order valence-corrected chi connectivity index (χ4v) is 3.59. The maximum absolute atomic E-state index is 13.0. The highest BCUT2D eigenvalue weighted by Gasteiger charge is 2.20. The second kappa shape index (κ2) is 8.07. The van der Waals surface area contributed by atoms with Crippen LogP contribution in [-0.4, -0.2) is 29.0 Å². The van der Waals surface area contributed by atoms with Gasteiger partial charge in [-0.3, -0.25) is 4.79 Å². The van der Waals surface area contributed by atoms with Crippen molar-refractivity contribution in [3.05, 3.63) is 46.9 Å². The first kappa shape index (κ1) is 19.3. The minimum atomic E-state index is -0.177. The van der Waals surface area contributed by atoms with Crippen LogP contribution < -0.4 is 10.2 Å². The molecule has 1 aliphatic rings. The summed E-state index contributed by atoms with van der Waals surface area (Å²) in [5, 5.41) is 3.09. The molecular weight excluding hydrogens is 336 g/mol. The molecule has 2 aromatic rings. The van der Waals surface area contributed by atoms with Gasteiger partial charge in [0.2, 0.25) is 0 Å². The fraction of sp³-hybridized carbons (Fsp3) is 0.500. The summed E-state index contributed by atoms with van der Waals surface area (Å²) in [4.78, 5) is 24.2. The molecule has 0 radical (unpaired) electrons. The van der Waals surface area contributed by atoms with E-state index in [1.54, 1.807) is 0 Å². The van der Waals surface area contributed by atoms with Gasteiger partial charge in [0.1, 0.15) is 17.3 Å². The largest absolute Gasteiger partial charge is 0.356 e. The Morgan fingerprint density at radius 2 is 1.89 bits per heavy atom. The van der Waals surface area contributed by atoms with Crippen LogP contribution in [0.25, 0.3) is 0 Å². The molecule has 0 saturated carbocycles. The zero-order chi connectivity index (χ0) is 19.6. The van der Waals surface area contributed by atoms with Gasteiger partial charge in [-0.25, -0.2) is 9.97 Å². The number of hydrogen-bond acceptors (Lipinski definition) is 4. The van der Waals surface area contributed by atoms with Crippen LogP contribution >= 0.6 is 0 Å². The Hall–Kier alpha value is -2.43. The van der Waals surface area contributed by atoms with E-state index in [0.29, 0.717) is 17.4 Å². The molecule has 0 atom stereocenters. The minimum Gasteiger partial charge on any atom is -0.356 e. The van der Waals surface area contributed by atoms with Gasteiger partial charge in [-0.1, -0.05) is 39.0 Å². The molecule has 5 nitrogen and oxygen atoms in total. The maximum Gasteiger partial charge on any atom is 0.274 e. The lowest BCUT2D eigenvalue weighted by atomic mass is 9.98. The molecular formula is C22H30N4O. The van der Waals surface area contributed by atoms with Gasteiger partial charge in [-0.15, -0.1) is 0 Å². The number of carbonyl (C=O) groups is 1. The van der Waals surface area contributed by atoms with E-state index in [-0.39, 0.29) is 5.91 Å². The predicted molar refractivity (Wildman–Crippen MR) is 111 cm³/mol. The van der Waals surface area contributed by atoms with Crippen LogP contribution in [0.5, 0.6) is 0 Å². The molecule has 1 aromatic heterocycles. The molecule has 1 amide bonds. The normalized spacial score (nSPS) is 15.3. The van der Waals surface area contributed by atoms with Crippen molar-refractivity contribution in [3.8, 4) is 0 Å². The SMILES string of the molecule is Cc1nc(C(=O)Nc2c(C)cccc2C(C)C)cc(N2CCC(C)CC2)n1. The van der Waals surface area contributed by atoms with E-state index < -0.39 is 0 Å². The zero-order valence-electron chi connectivity index (χ0n) is 17.0. The monoisotopic (exact) mass is 366 g/mol. The van der Waals surface area contributed by atoms with Crippen LogP contribution in [0.1, 0.15) is 67.0 Å². The molecule has 1 fully saturated rings. The highest BCUT2D eigenvalue weighted by Crippen LogP contribution is 2.28. The third-order valence-electron chi connectivity index (χ3n) is 5.33. The van der Waals surface area contributed by atoms with Crippen LogP contribution in [-0.2, 0) is 0 Å². The molecule has 0 spiro atoms. The molecule has 1 N–H and O–H groups in total. The topological polar surface area (TPSA) is 58.1 Å². The van der Waals surface area contributed by atoms with Crippen molar-refractivity contribution in [2.75, 3.05) is 23.3 Å². The lowest BCUT2D eigenvalue weighted by Crippen LogP contribution is -2.34. The Kier molecular flexibility index (Phi) is 5.78. The second-order valence-corrected chi connectivity index (χ2v) is 7.98. The van der Waals surface area contributed by atoms with Crippen molar-refractivity contribution in [2.24, 2.45) is 5.92 Å². The Balaban J connectivity index is 1.86. The Labute approximate surface area is 162 Å². The number of carbonyl (C=O) groups excluding carboxylic acids is 1. The Morgan fingerprint density at radius 1 is 1.19 bits per heavy atom. The van der Waals surface area contributed by atoms with Crippen LogP contribution in [0, 0.1) is 19.8 Å². The predicted octanol–water partition coefficient (Wildman–Crippen LogP) is 4.71. The summed E-state index contributed by atoms with van der Waals surface area (Å²) < 4.78 is 0. The summed E-state index contributed by atoms with van der Waals surface area (Å²) in [6, 6.07) is 7.95. The number of nitrogens with zero attached hydrogens (tertiary/aromatic N) is 3. The van der Waals surface area contributed by atoms with Crippen molar-refractivity contribution in [1.82, 2.24) is 9.97 Å². The first-order chi connectivity index (χ1) is 12.8. The van der Waals surface area contributed by atoms with Gasteiger partial charge in [-0.2, -0.15) is 0 Å². The van der Waals surface area contributed by atoms with Crippen molar-refractivity contribution >= 4 is 17.4 Å². The van der Waals surface area contributed by atoms with E-state index in [0.717, 1.165) is 54.5 Å². The first-order valence-corrected chi connectivity index (χ1v) is 9.86. The van der Waals surface area contributed by atoms with Crippen LogP contribution in [0.3, 0.4) is 0 Å². The number of hydrogen-bond donors (Lipinski definition) is 1. The molecule has 1 aliphatic heterocycles. The van der Waals surface area contributed by atoms with Crippen molar-refractivity contribution in [1.29, 1.82) is 0 Å². The number of rotatable bonds is 4. The standard InChI is InChI=1S/C22H30N4O/c1-14(2)18-8-6-7-16(4)21(18)25-22(27)19-13-20(24-17(5)23-19)26-11-9-15(3)10-12-26/h6-8,13-15H,9-12H2,1-5H3,(H,25,27). The number of benzene rings is 1. The third kappa shape index (κ3) is 4.46. The average molecular weight is 367 g/mol. The van der Waals surface area contributed by atoms with E-state index in [4.69, 9.17) is 0 Å². The number of anilines is 2. The molecule has 2 heterocycles. The van der Waals surface area contributed by atoms with E-state index >= 15 is 0 Å². The van der Waals surface area contributed by atoms with Gasteiger partial charge in [0.15, 0.2) is 0 Å². The van der Waals surface area contributed by atoms with Gasteiger partial charge in [0.25, 0.3) is 5.91 Å². The number of aryl methyl sites for hydroxylation is 2. The summed E-state index contributed by atoms with van der Waals surface area (Å²) in [7, 11) is 0. The Morgan fingerprint density at radius 3 is 2.56 bits per heavy atom. The van der Waals surface area contributed by atoms with E-state index in [1.807, 2.05) is 32.0 Å². The van der Waals surface area contributed by atoms with Crippen molar-refractivity contribution < 1.29 is 4.79 Å². The molecule has 5 heteroatoms. The second-order valence-electron chi connectivity index (χ2n) is 7.98. The summed E-state index contributed by atoms with van der Waals surface area (Å²) in [6.07, 6.45) is 2.32. The number of nitrogens with one attached hydrogen (secondary N) is 1. The molecule has 144 valence electrons. The minimum absolute atomic E-state index is 0.177. The molecule has 27 heavy (non-hydrogen) atoms. The summed E-state index contributed by atoms with van der Waals surface area (Å²) >= 11 is 0. The Bertz CT molecular complexity index is 823. The molecule has 1 aromatic carbocycles. The lowest BCUT2D eigenvalue weighted by Gasteiger charge is -2.31. The average Bonchev–Trinajstić information content (AvgIpc) is 2.63. The quantitative estimate of drug-likeness (QED) is 0.852. The zero-order valence-corrected chi connectivity index (χ0v) is 17.0.